The molecule has 3 N–H and O–H groups in total. The van der Waals surface area contributed by atoms with E-state index in [1.54, 1.807) is 0 Å². The molecular weight excluding hydrogens is 474 g/mol. The van der Waals surface area contributed by atoms with Gasteiger partial charge in [-0.1, -0.05) is 0 Å². The average Bonchev–Trinajstić information content (AvgIpc) is 3.02. The zero-order valence-electron chi connectivity index (χ0n) is 15.8. The second-order valence-corrected chi connectivity index (χ2v) is 8.45. The van der Waals surface area contributed by atoms with Crippen molar-refractivity contribution in [1.82, 2.24) is 19.7 Å². The van der Waals surface area contributed by atoms with Gasteiger partial charge in [-0.2, -0.15) is 13.9 Å². The van der Waals surface area contributed by atoms with Crippen LogP contribution in [0.1, 0.15) is 29.8 Å². The Hall–Kier alpha value is -1.76. The molecule has 1 unspecified atom stereocenters. The number of halogens is 5. The summed E-state index contributed by atoms with van der Waals surface area (Å²) in [5, 5.41) is 27.6. The first-order chi connectivity index (χ1) is 14.1. The Balaban J connectivity index is 1.60. The Morgan fingerprint density at radius 3 is 2.83 bits per heavy atom. The lowest BCUT2D eigenvalue weighted by atomic mass is 9.96. The first-order valence-electron chi connectivity index (χ1n) is 9.37. The molecule has 2 atom stereocenters. The van der Waals surface area contributed by atoms with Crippen LogP contribution in [0.4, 0.5) is 23.2 Å². The lowest BCUT2D eigenvalue weighted by Crippen LogP contribution is -2.44. The van der Waals surface area contributed by atoms with Gasteiger partial charge in [-0.05, 0) is 28.4 Å². The molecule has 4 rings (SSSR count). The predicted molar refractivity (Wildman–Crippen MR) is 102 cm³/mol. The number of aromatic nitrogens is 3. The number of aliphatic hydroxyl groups excluding tert-OH is 1. The van der Waals surface area contributed by atoms with Gasteiger partial charge < -0.3 is 15.5 Å². The molecule has 2 aromatic heterocycles. The van der Waals surface area contributed by atoms with Gasteiger partial charge in [0.15, 0.2) is 12.2 Å². The summed E-state index contributed by atoms with van der Waals surface area (Å²) in [5.74, 6) is -3.99. The van der Waals surface area contributed by atoms with Crippen LogP contribution in [0.15, 0.2) is 16.9 Å². The van der Waals surface area contributed by atoms with Gasteiger partial charge in [-0.25, -0.2) is 13.8 Å². The molecule has 2 aromatic rings. The lowest BCUT2D eigenvalue weighted by molar-refractivity contribution is -0.0483. The zero-order chi connectivity index (χ0) is 21.7. The summed E-state index contributed by atoms with van der Waals surface area (Å²) in [7, 11) is 0. The number of aliphatic hydroxyl groups is 2. The van der Waals surface area contributed by atoms with Crippen molar-refractivity contribution >= 4 is 21.6 Å². The normalized spacial score (nSPS) is 24.6. The molecule has 0 aliphatic carbocycles. The topological polar surface area (TPSA) is 86.4 Å². The van der Waals surface area contributed by atoms with Crippen LogP contribution in [0.2, 0.25) is 0 Å². The standard InChI is InChI=1S/C18H20BrF4N5O2/c19-15-13(21)12(1-5-24-15)25-16(29)27-6-2-11-10(7-27)14-18(22,23)4-3-17(30,8-20)9-28(14)26-11/h1,5,16,29-30H,2-4,6-9H2,(H,24,25)/t16?,17-/m1/s1. The fourth-order valence-electron chi connectivity index (χ4n) is 3.91. The van der Waals surface area contributed by atoms with Crippen molar-refractivity contribution in [2.45, 2.75) is 50.2 Å². The van der Waals surface area contributed by atoms with E-state index < -0.39 is 43.2 Å². The Kier molecular flexibility index (Phi) is 5.54. The predicted octanol–water partition coefficient (Wildman–Crippen LogP) is 2.51. The van der Waals surface area contributed by atoms with Crippen LogP contribution in [0, 0.1) is 5.82 Å². The summed E-state index contributed by atoms with van der Waals surface area (Å²) in [5.41, 5.74) is -1.59. The van der Waals surface area contributed by atoms with E-state index in [0.29, 0.717) is 5.69 Å². The van der Waals surface area contributed by atoms with E-state index >= 15 is 0 Å². The van der Waals surface area contributed by atoms with E-state index in [4.69, 9.17) is 0 Å². The molecule has 2 aliphatic rings. The highest BCUT2D eigenvalue weighted by Gasteiger charge is 2.47. The third-order valence-electron chi connectivity index (χ3n) is 5.55. The molecule has 7 nitrogen and oxygen atoms in total. The van der Waals surface area contributed by atoms with E-state index in [0.717, 1.165) is 4.68 Å². The fraction of sp³-hybridized carbons (Fsp3) is 0.556. The maximum atomic E-state index is 14.9. The van der Waals surface area contributed by atoms with E-state index in [1.165, 1.54) is 17.2 Å². The molecule has 12 heteroatoms. The van der Waals surface area contributed by atoms with Gasteiger partial charge in [-0.3, -0.25) is 9.58 Å². The summed E-state index contributed by atoms with van der Waals surface area (Å²) < 4.78 is 58.1. The SMILES string of the molecule is OC(Nc1ccnc(Br)c1F)N1CCc2nn3c(c2C1)C(F)(F)CC[C@@](O)(CF)C3. The van der Waals surface area contributed by atoms with Gasteiger partial charge in [0.1, 0.15) is 22.6 Å². The second-order valence-electron chi connectivity index (χ2n) is 7.70. The molecule has 0 aromatic carbocycles. The van der Waals surface area contributed by atoms with Crippen molar-refractivity contribution in [2.24, 2.45) is 0 Å². The van der Waals surface area contributed by atoms with Gasteiger partial charge in [0.05, 0.1) is 17.9 Å². The largest absolute Gasteiger partial charge is 0.385 e. The van der Waals surface area contributed by atoms with Crippen LogP contribution in [-0.4, -0.2) is 55.0 Å². The first kappa shape index (κ1) is 21.5. The minimum Gasteiger partial charge on any atom is -0.385 e. The summed E-state index contributed by atoms with van der Waals surface area (Å²) in [6.07, 6.45) is -0.831. The minimum atomic E-state index is -3.30. The number of anilines is 1. The quantitative estimate of drug-likeness (QED) is 0.344. The van der Waals surface area contributed by atoms with Crippen molar-refractivity contribution in [3.63, 3.8) is 0 Å². The third-order valence-corrected chi connectivity index (χ3v) is 6.10. The third kappa shape index (κ3) is 3.81. The first-order valence-corrected chi connectivity index (χ1v) is 10.2. The number of alkyl halides is 3. The number of nitrogens with one attached hydrogen (secondary N) is 1. The number of fused-ring (bicyclic) bond motifs is 3. The molecule has 0 saturated carbocycles. The number of rotatable bonds is 4. The van der Waals surface area contributed by atoms with Crippen molar-refractivity contribution in [2.75, 3.05) is 18.5 Å². The highest BCUT2D eigenvalue weighted by molar-refractivity contribution is 9.10. The molecular formula is C18H20BrF4N5O2. The van der Waals surface area contributed by atoms with Crippen LogP contribution >= 0.6 is 15.9 Å². The van der Waals surface area contributed by atoms with E-state index in [-0.39, 0.29) is 47.6 Å². The summed E-state index contributed by atoms with van der Waals surface area (Å²) in [4.78, 5) is 5.21. The molecule has 30 heavy (non-hydrogen) atoms. The van der Waals surface area contributed by atoms with Crippen LogP contribution in [0.25, 0.3) is 0 Å². The van der Waals surface area contributed by atoms with Crippen LogP contribution in [0.3, 0.4) is 0 Å². The molecule has 0 radical (unpaired) electrons. The Morgan fingerprint density at radius 1 is 1.33 bits per heavy atom. The van der Waals surface area contributed by atoms with Gasteiger partial charge in [-0.15, -0.1) is 0 Å². The minimum absolute atomic E-state index is 0.00217. The van der Waals surface area contributed by atoms with Gasteiger partial charge >= 0.3 is 0 Å². The zero-order valence-corrected chi connectivity index (χ0v) is 17.3. The molecule has 2 aliphatic heterocycles. The van der Waals surface area contributed by atoms with E-state index in [1.807, 2.05) is 0 Å². The van der Waals surface area contributed by atoms with Crippen LogP contribution < -0.4 is 5.32 Å². The van der Waals surface area contributed by atoms with Crippen molar-refractivity contribution in [1.29, 1.82) is 0 Å². The molecule has 164 valence electrons. The number of nitrogens with zero attached hydrogens (tertiary/aromatic N) is 4. The van der Waals surface area contributed by atoms with Gasteiger partial charge in [0, 0.05) is 37.7 Å². The number of pyridine rings is 1. The maximum Gasteiger partial charge on any atom is 0.289 e. The number of hydrogen-bond donors (Lipinski definition) is 3. The highest BCUT2D eigenvalue weighted by Crippen LogP contribution is 2.42. The molecule has 0 amide bonds. The average molecular weight is 494 g/mol. The molecule has 0 fully saturated rings. The van der Waals surface area contributed by atoms with Crippen LogP contribution in [0.5, 0.6) is 0 Å². The van der Waals surface area contributed by atoms with Crippen molar-refractivity contribution in [3.05, 3.63) is 39.6 Å². The van der Waals surface area contributed by atoms with Gasteiger partial charge in [0.2, 0.25) is 0 Å². The van der Waals surface area contributed by atoms with Crippen LogP contribution in [-0.2, 0) is 25.4 Å². The maximum absolute atomic E-state index is 14.9. The van der Waals surface area contributed by atoms with Crippen molar-refractivity contribution in [3.8, 4) is 0 Å². The number of hydrogen-bond acceptors (Lipinski definition) is 6. The Labute approximate surface area is 177 Å². The molecule has 4 heterocycles. The Bertz CT molecular complexity index is 959. The Morgan fingerprint density at radius 2 is 2.10 bits per heavy atom. The highest BCUT2D eigenvalue weighted by atomic mass is 79.9. The molecule has 0 saturated heterocycles. The summed E-state index contributed by atoms with van der Waals surface area (Å²) in [6, 6.07) is 1.34. The summed E-state index contributed by atoms with van der Waals surface area (Å²) in [6.45, 7) is -1.28. The monoisotopic (exact) mass is 493 g/mol. The second kappa shape index (κ2) is 7.74. The van der Waals surface area contributed by atoms with Gasteiger partial charge in [0.25, 0.3) is 5.92 Å². The van der Waals surface area contributed by atoms with E-state index in [2.05, 4.69) is 31.3 Å². The lowest BCUT2D eigenvalue weighted by Gasteiger charge is -2.32. The van der Waals surface area contributed by atoms with E-state index in [9.17, 15) is 27.8 Å². The van der Waals surface area contributed by atoms with Crippen molar-refractivity contribution < 1.29 is 27.8 Å². The molecule has 0 spiro atoms. The smallest absolute Gasteiger partial charge is 0.289 e. The summed E-state index contributed by atoms with van der Waals surface area (Å²) >= 11 is 2.96. The molecule has 0 bridgehead atoms. The fourth-order valence-corrected chi connectivity index (χ4v) is 4.25.